The molecule has 1 N–H and O–H groups in total. The van der Waals surface area contributed by atoms with Crippen molar-refractivity contribution in [3.63, 3.8) is 0 Å². The number of carbonyl (C=O) groups is 1. The summed E-state index contributed by atoms with van der Waals surface area (Å²) in [4.78, 5) is 11.8. The maximum atomic E-state index is 11.8. The third-order valence-electron chi connectivity index (χ3n) is 7.60. The summed E-state index contributed by atoms with van der Waals surface area (Å²) in [5.41, 5.74) is 1.14. The summed E-state index contributed by atoms with van der Waals surface area (Å²) in [6.07, 6.45) is 29.1. The zero-order chi connectivity index (χ0) is 28.6. The van der Waals surface area contributed by atoms with Crippen LogP contribution < -0.4 is 14.2 Å². The van der Waals surface area contributed by atoms with Gasteiger partial charge in [-0.1, -0.05) is 129 Å². The molecule has 0 spiro atoms. The quantitative estimate of drug-likeness (QED) is 0.0924. The molecule has 0 fully saturated rings. The molecule has 0 unspecified atom stereocenters. The topological polar surface area (TPSA) is 65.0 Å². The van der Waals surface area contributed by atoms with Crippen LogP contribution in [0.4, 0.5) is 0 Å². The van der Waals surface area contributed by atoms with Crippen LogP contribution in [0.2, 0.25) is 0 Å². The molecule has 0 atom stereocenters. The average molecular weight is 547 g/mol. The first kappa shape index (κ1) is 34.9. The fraction of sp³-hybridized carbons (Fsp3) is 0.735. The van der Waals surface area contributed by atoms with Crippen LogP contribution in [0.15, 0.2) is 17.7 Å². The molecule has 1 aromatic carbocycles. The van der Waals surface area contributed by atoms with Crippen molar-refractivity contribution in [3.8, 4) is 17.2 Å². The summed E-state index contributed by atoms with van der Waals surface area (Å²) in [5, 5.41) is 9.69. The van der Waals surface area contributed by atoms with Gasteiger partial charge in [-0.05, 0) is 36.6 Å². The van der Waals surface area contributed by atoms with Crippen LogP contribution in [0.5, 0.6) is 17.2 Å². The Morgan fingerprint density at radius 2 is 0.974 bits per heavy atom. The molecule has 0 bridgehead atoms. The molecule has 0 aliphatic heterocycles. The molecule has 1 rings (SSSR count). The molecular formula is C34H58O5. The van der Waals surface area contributed by atoms with Crippen molar-refractivity contribution in [2.24, 2.45) is 0 Å². The molecule has 0 amide bonds. The largest absolute Gasteiger partial charge is 0.493 e. The fourth-order valence-corrected chi connectivity index (χ4v) is 5.20. The van der Waals surface area contributed by atoms with Crippen molar-refractivity contribution in [3.05, 3.63) is 23.3 Å². The van der Waals surface area contributed by atoms with Gasteiger partial charge in [0.25, 0.3) is 0 Å². The predicted molar refractivity (Wildman–Crippen MR) is 164 cm³/mol. The summed E-state index contributed by atoms with van der Waals surface area (Å²) in [6, 6.07) is 3.56. The molecule has 0 aliphatic rings. The lowest BCUT2D eigenvalue weighted by molar-refractivity contribution is -0.132. The molecule has 0 radical (unpaired) electrons. The molecule has 0 saturated heterocycles. The van der Waals surface area contributed by atoms with Crippen molar-refractivity contribution in [1.29, 1.82) is 0 Å². The van der Waals surface area contributed by atoms with Crippen LogP contribution in [0.1, 0.15) is 147 Å². The zero-order valence-electron chi connectivity index (χ0n) is 25.7. The number of aliphatic carboxylic acids is 1. The van der Waals surface area contributed by atoms with Gasteiger partial charge in [-0.2, -0.15) is 0 Å². The van der Waals surface area contributed by atoms with Crippen molar-refractivity contribution >= 4 is 12.0 Å². The minimum absolute atomic E-state index is 0.409. The van der Waals surface area contributed by atoms with Gasteiger partial charge >= 0.3 is 5.97 Å². The Morgan fingerprint density at radius 3 is 1.28 bits per heavy atom. The Hall–Kier alpha value is -2.17. The third kappa shape index (κ3) is 16.5. The van der Waals surface area contributed by atoms with E-state index in [9.17, 15) is 9.90 Å². The second kappa shape index (κ2) is 23.7. The number of ether oxygens (including phenoxy) is 3. The SMILES string of the molecule is CCCCCCCCCCCCCCCCCCCCCCC(=Cc1cc(OC)c(OC)c(OC)c1)C(=O)O. The summed E-state index contributed by atoms with van der Waals surface area (Å²) < 4.78 is 16.1. The monoisotopic (exact) mass is 546 g/mol. The van der Waals surface area contributed by atoms with E-state index in [1.165, 1.54) is 116 Å². The number of unbranched alkanes of at least 4 members (excludes halogenated alkanes) is 19. The van der Waals surface area contributed by atoms with E-state index in [-0.39, 0.29) is 0 Å². The van der Waals surface area contributed by atoms with E-state index in [0.29, 0.717) is 29.2 Å². The Kier molecular flexibility index (Phi) is 21.2. The third-order valence-corrected chi connectivity index (χ3v) is 7.60. The van der Waals surface area contributed by atoms with Crippen LogP contribution in [-0.2, 0) is 4.79 Å². The van der Waals surface area contributed by atoms with Crippen LogP contribution in [-0.4, -0.2) is 32.4 Å². The van der Waals surface area contributed by atoms with E-state index in [2.05, 4.69) is 6.92 Å². The summed E-state index contributed by atoms with van der Waals surface area (Å²) in [5.74, 6) is 0.669. The maximum Gasteiger partial charge on any atom is 0.331 e. The number of carboxylic acids is 1. The normalized spacial score (nSPS) is 11.5. The van der Waals surface area contributed by atoms with Crippen LogP contribution in [0.3, 0.4) is 0 Å². The molecule has 0 heterocycles. The van der Waals surface area contributed by atoms with E-state index in [1.807, 2.05) is 0 Å². The van der Waals surface area contributed by atoms with Gasteiger partial charge in [-0.15, -0.1) is 0 Å². The first-order chi connectivity index (χ1) is 19.1. The van der Waals surface area contributed by atoms with Crippen LogP contribution >= 0.6 is 0 Å². The highest BCUT2D eigenvalue weighted by Crippen LogP contribution is 2.38. The Bertz CT molecular complexity index is 761. The number of hydrogen-bond donors (Lipinski definition) is 1. The number of methoxy groups -OCH3 is 3. The van der Waals surface area contributed by atoms with Crippen molar-refractivity contribution in [2.75, 3.05) is 21.3 Å². The predicted octanol–water partition coefficient (Wildman–Crippen LogP) is 10.4. The van der Waals surface area contributed by atoms with Crippen LogP contribution in [0, 0.1) is 0 Å². The fourth-order valence-electron chi connectivity index (χ4n) is 5.20. The van der Waals surface area contributed by atoms with E-state index >= 15 is 0 Å². The first-order valence-corrected chi connectivity index (χ1v) is 15.8. The number of benzene rings is 1. The molecule has 39 heavy (non-hydrogen) atoms. The lowest BCUT2D eigenvalue weighted by Crippen LogP contribution is -2.01. The van der Waals surface area contributed by atoms with Gasteiger partial charge < -0.3 is 19.3 Å². The van der Waals surface area contributed by atoms with Gasteiger partial charge in [0.1, 0.15) is 0 Å². The zero-order valence-corrected chi connectivity index (χ0v) is 25.7. The summed E-state index contributed by atoms with van der Waals surface area (Å²) in [6.45, 7) is 2.28. The van der Waals surface area contributed by atoms with E-state index in [1.54, 1.807) is 39.5 Å². The maximum absolute atomic E-state index is 11.8. The number of rotatable bonds is 26. The Balaban J connectivity index is 2.09. The summed E-state index contributed by atoms with van der Waals surface area (Å²) in [7, 11) is 4.67. The molecule has 0 saturated carbocycles. The minimum Gasteiger partial charge on any atom is -0.493 e. The van der Waals surface area contributed by atoms with Crippen LogP contribution in [0.25, 0.3) is 6.08 Å². The van der Waals surface area contributed by atoms with Gasteiger partial charge in [0, 0.05) is 5.57 Å². The first-order valence-electron chi connectivity index (χ1n) is 15.8. The summed E-state index contributed by atoms with van der Waals surface area (Å²) >= 11 is 0. The van der Waals surface area contributed by atoms with E-state index in [4.69, 9.17) is 14.2 Å². The molecule has 5 heteroatoms. The second-order valence-corrected chi connectivity index (χ2v) is 10.9. The molecule has 1 aromatic rings. The average Bonchev–Trinajstić information content (AvgIpc) is 2.94. The van der Waals surface area contributed by atoms with Gasteiger partial charge in [0.15, 0.2) is 11.5 Å². The highest BCUT2D eigenvalue weighted by Gasteiger charge is 2.14. The lowest BCUT2D eigenvalue weighted by atomic mass is 10.0. The molecule has 0 aromatic heterocycles. The highest BCUT2D eigenvalue weighted by molar-refractivity contribution is 5.92. The molecular weight excluding hydrogens is 488 g/mol. The van der Waals surface area contributed by atoms with Gasteiger partial charge in [0.2, 0.25) is 5.75 Å². The Morgan fingerprint density at radius 1 is 0.615 bits per heavy atom. The molecule has 224 valence electrons. The van der Waals surface area contributed by atoms with Gasteiger partial charge in [0.05, 0.1) is 21.3 Å². The highest BCUT2D eigenvalue weighted by atomic mass is 16.5. The molecule has 0 aliphatic carbocycles. The Labute approximate surface area is 239 Å². The van der Waals surface area contributed by atoms with Crippen molar-refractivity contribution in [1.82, 2.24) is 0 Å². The lowest BCUT2D eigenvalue weighted by Gasteiger charge is -2.13. The van der Waals surface area contributed by atoms with Crippen molar-refractivity contribution < 1.29 is 24.1 Å². The minimum atomic E-state index is -0.874. The van der Waals surface area contributed by atoms with Gasteiger partial charge in [-0.25, -0.2) is 4.79 Å². The van der Waals surface area contributed by atoms with E-state index in [0.717, 1.165) is 18.4 Å². The standard InChI is InChI=1S/C34H58O5/c1-5-6-7-8-9-10-11-12-13-14-15-16-17-18-19-20-21-22-23-24-25-30(34(35)36)26-29-27-31(37-2)33(39-4)32(28-29)38-3/h26-28H,5-25H2,1-4H3,(H,35,36). The van der Waals surface area contributed by atoms with Gasteiger partial charge in [-0.3, -0.25) is 0 Å². The van der Waals surface area contributed by atoms with Crippen molar-refractivity contribution in [2.45, 2.75) is 142 Å². The number of hydrogen-bond acceptors (Lipinski definition) is 4. The number of carboxylic acid groups (broad SMARTS) is 1. The van der Waals surface area contributed by atoms with E-state index < -0.39 is 5.97 Å². The smallest absolute Gasteiger partial charge is 0.331 e. The molecule has 5 nitrogen and oxygen atoms in total. The second-order valence-electron chi connectivity index (χ2n) is 10.9.